The SMILES string of the molecule is Cc1ccncc1CNC(=O)c1cc(Cl)nc(Cl)c1. The lowest BCUT2D eigenvalue weighted by Crippen LogP contribution is -2.23. The fourth-order valence-electron chi connectivity index (χ4n) is 1.56. The molecule has 0 spiro atoms. The minimum absolute atomic E-state index is 0.190. The number of aromatic nitrogens is 2. The number of carbonyl (C=O) groups excluding carboxylic acids is 1. The monoisotopic (exact) mass is 295 g/mol. The summed E-state index contributed by atoms with van der Waals surface area (Å²) >= 11 is 11.5. The molecule has 0 unspecified atom stereocenters. The van der Waals surface area contributed by atoms with Crippen LogP contribution in [0.4, 0.5) is 0 Å². The molecule has 0 fully saturated rings. The third kappa shape index (κ3) is 3.66. The minimum atomic E-state index is -0.255. The van der Waals surface area contributed by atoms with Gasteiger partial charge in [0.25, 0.3) is 5.91 Å². The van der Waals surface area contributed by atoms with Crippen molar-refractivity contribution in [3.05, 3.63) is 57.6 Å². The number of aryl methyl sites for hydroxylation is 1. The van der Waals surface area contributed by atoms with Crippen LogP contribution in [0.15, 0.2) is 30.6 Å². The molecular weight excluding hydrogens is 285 g/mol. The molecule has 0 radical (unpaired) electrons. The Labute approximate surface area is 120 Å². The van der Waals surface area contributed by atoms with Gasteiger partial charge in [0.15, 0.2) is 0 Å². The van der Waals surface area contributed by atoms with E-state index in [0.717, 1.165) is 11.1 Å². The molecule has 4 nitrogen and oxygen atoms in total. The Morgan fingerprint density at radius 2 is 2.00 bits per heavy atom. The van der Waals surface area contributed by atoms with Gasteiger partial charge >= 0.3 is 0 Å². The third-order valence-electron chi connectivity index (χ3n) is 2.61. The van der Waals surface area contributed by atoms with Crippen molar-refractivity contribution in [2.24, 2.45) is 0 Å². The molecule has 0 atom stereocenters. The van der Waals surface area contributed by atoms with E-state index in [4.69, 9.17) is 23.2 Å². The zero-order valence-corrected chi connectivity index (χ0v) is 11.7. The summed E-state index contributed by atoms with van der Waals surface area (Å²) in [5, 5.41) is 3.17. The van der Waals surface area contributed by atoms with Gasteiger partial charge in [-0.3, -0.25) is 9.78 Å². The first kappa shape index (κ1) is 13.8. The molecular formula is C13H11Cl2N3O. The van der Waals surface area contributed by atoms with Crippen molar-refractivity contribution in [1.29, 1.82) is 0 Å². The van der Waals surface area contributed by atoms with Crippen molar-refractivity contribution in [3.63, 3.8) is 0 Å². The largest absolute Gasteiger partial charge is 0.348 e. The fourth-order valence-corrected chi connectivity index (χ4v) is 2.02. The molecule has 0 bridgehead atoms. The van der Waals surface area contributed by atoms with Gasteiger partial charge in [-0.05, 0) is 36.2 Å². The van der Waals surface area contributed by atoms with Crippen molar-refractivity contribution >= 4 is 29.1 Å². The smallest absolute Gasteiger partial charge is 0.251 e. The Kier molecular flexibility index (Phi) is 4.35. The van der Waals surface area contributed by atoms with Crippen LogP contribution in [-0.2, 0) is 6.54 Å². The molecule has 0 aliphatic rings. The lowest BCUT2D eigenvalue weighted by atomic mass is 10.1. The van der Waals surface area contributed by atoms with Crippen LogP contribution in [0.5, 0.6) is 0 Å². The second-order valence-corrected chi connectivity index (χ2v) is 4.76. The molecule has 19 heavy (non-hydrogen) atoms. The van der Waals surface area contributed by atoms with Crippen molar-refractivity contribution in [2.45, 2.75) is 13.5 Å². The number of halogens is 2. The first-order valence-corrected chi connectivity index (χ1v) is 6.32. The van der Waals surface area contributed by atoms with Gasteiger partial charge in [0.2, 0.25) is 0 Å². The third-order valence-corrected chi connectivity index (χ3v) is 3.00. The molecule has 0 saturated heterocycles. The topological polar surface area (TPSA) is 54.9 Å². The number of amides is 1. The maximum atomic E-state index is 12.0. The molecule has 1 amide bonds. The summed E-state index contributed by atoms with van der Waals surface area (Å²) in [5.41, 5.74) is 2.41. The van der Waals surface area contributed by atoms with Crippen LogP contribution in [0.3, 0.4) is 0 Å². The first-order chi connectivity index (χ1) is 9.06. The molecule has 2 rings (SSSR count). The van der Waals surface area contributed by atoms with Gasteiger partial charge in [0.05, 0.1) is 0 Å². The molecule has 2 heterocycles. The average Bonchev–Trinajstić information content (AvgIpc) is 2.36. The molecule has 6 heteroatoms. The minimum Gasteiger partial charge on any atom is -0.348 e. The Hall–Kier alpha value is -1.65. The van der Waals surface area contributed by atoms with Crippen LogP contribution in [0.25, 0.3) is 0 Å². The number of nitrogens with one attached hydrogen (secondary N) is 1. The van der Waals surface area contributed by atoms with Crippen LogP contribution < -0.4 is 5.32 Å². The number of pyridine rings is 2. The normalized spacial score (nSPS) is 10.3. The standard InChI is InChI=1S/C13H11Cl2N3O/c1-8-2-3-16-6-10(8)7-17-13(19)9-4-11(14)18-12(15)5-9/h2-6H,7H2,1H3,(H,17,19). The predicted molar refractivity (Wildman–Crippen MR) is 74.4 cm³/mol. The van der Waals surface area contributed by atoms with Gasteiger partial charge in [-0.1, -0.05) is 23.2 Å². The number of hydrogen-bond acceptors (Lipinski definition) is 3. The molecule has 2 aromatic heterocycles. The van der Waals surface area contributed by atoms with Crippen LogP contribution in [0.1, 0.15) is 21.5 Å². The average molecular weight is 296 g/mol. The van der Waals surface area contributed by atoms with E-state index in [9.17, 15) is 4.79 Å². The van der Waals surface area contributed by atoms with E-state index in [1.54, 1.807) is 12.4 Å². The molecule has 0 saturated carbocycles. The Morgan fingerprint density at radius 1 is 1.32 bits per heavy atom. The summed E-state index contributed by atoms with van der Waals surface area (Å²) in [6, 6.07) is 4.83. The summed E-state index contributed by atoms with van der Waals surface area (Å²) in [5.74, 6) is -0.255. The lowest BCUT2D eigenvalue weighted by molar-refractivity contribution is 0.0950. The molecule has 0 aliphatic carbocycles. The zero-order valence-electron chi connectivity index (χ0n) is 10.2. The second-order valence-electron chi connectivity index (χ2n) is 3.99. The zero-order chi connectivity index (χ0) is 13.8. The van der Waals surface area contributed by atoms with E-state index in [1.165, 1.54) is 12.1 Å². The van der Waals surface area contributed by atoms with Crippen LogP contribution in [0, 0.1) is 6.92 Å². The maximum Gasteiger partial charge on any atom is 0.251 e. The summed E-state index contributed by atoms with van der Waals surface area (Å²) in [6.07, 6.45) is 3.44. The summed E-state index contributed by atoms with van der Waals surface area (Å²) in [6.45, 7) is 2.36. The van der Waals surface area contributed by atoms with E-state index >= 15 is 0 Å². The van der Waals surface area contributed by atoms with Crippen LogP contribution in [-0.4, -0.2) is 15.9 Å². The van der Waals surface area contributed by atoms with E-state index < -0.39 is 0 Å². The summed E-state index contributed by atoms with van der Waals surface area (Å²) in [4.78, 5) is 19.8. The Bertz CT molecular complexity index is 596. The Balaban J connectivity index is 2.08. The van der Waals surface area contributed by atoms with Crippen molar-refractivity contribution in [1.82, 2.24) is 15.3 Å². The maximum absolute atomic E-state index is 12.0. The highest BCUT2D eigenvalue weighted by molar-refractivity contribution is 6.33. The first-order valence-electron chi connectivity index (χ1n) is 5.57. The highest BCUT2D eigenvalue weighted by Gasteiger charge is 2.09. The molecule has 98 valence electrons. The Morgan fingerprint density at radius 3 is 2.63 bits per heavy atom. The highest BCUT2D eigenvalue weighted by Crippen LogP contribution is 2.14. The van der Waals surface area contributed by atoms with Gasteiger partial charge in [-0.25, -0.2) is 4.98 Å². The van der Waals surface area contributed by atoms with Crippen molar-refractivity contribution in [3.8, 4) is 0 Å². The van der Waals surface area contributed by atoms with Gasteiger partial charge in [-0.15, -0.1) is 0 Å². The van der Waals surface area contributed by atoms with Gasteiger partial charge in [-0.2, -0.15) is 0 Å². The van der Waals surface area contributed by atoms with Gasteiger partial charge in [0, 0.05) is 24.5 Å². The number of rotatable bonds is 3. The van der Waals surface area contributed by atoms with E-state index in [1.807, 2.05) is 13.0 Å². The fraction of sp³-hybridized carbons (Fsp3) is 0.154. The number of hydrogen-bond donors (Lipinski definition) is 1. The van der Waals surface area contributed by atoms with Crippen molar-refractivity contribution in [2.75, 3.05) is 0 Å². The second kappa shape index (κ2) is 5.99. The van der Waals surface area contributed by atoms with E-state index in [2.05, 4.69) is 15.3 Å². The number of carbonyl (C=O) groups is 1. The van der Waals surface area contributed by atoms with Crippen molar-refractivity contribution < 1.29 is 4.79 Å². The number of nitrogens with zero attached hydrogens (tertiary/aromatic N) is 2. The highest BCUT2D eigenvalue weighted by atomic mass is 35.5. The summed E-state index contributed by atoms with van der Waals surface area (Å²) in [7, 11) is 0. The van der Waals surface area contributed by atoms with Gasteiger partial charge in [0.1, 0.15) is 10.3 Å². The molecule has 1 N–H and O–H groups in total. The quantitative estimate of drug-likeness (QED) is 0.886. The van der Waals surface area contributed by atoms with E-state index in [0.29, 0.717) is 12.1 Å². The van der Waals surface area contributed by atoms with Crippen LogP contribution in [0.2, 0.25) is 10.3 Å². The van der Waals surface area contributed by atoms with E-state index in [-0.39, 0.29) is 16.2 Å². The molecule has 0 aromatic carbocycles. The molecule has 2 aromatic rings. The van der Waals surface area contributed by atoms with Crippen LogP contribution >= 0.6 is 23.2 Å². The molecule has 0 aliphatic heterocycles. The van der Waals surface area contributed by atoms with Gasteiger partial charge < -0.3 is 5.32 Å². The lowest BCUT2D eigenvalue weighted by Gasteiger charge is -2.07. The predicted octanol–water partition coefficient (Wildman–Crippen LogP) is 3.02. The summed E-state index contributed by atoms with van der Waals surface area (Å²) < 4.78 is 0.